The van der Waals surface area contributed by atoms with E-state index in [0.29, 0.717) is 0 Å². The molecule has 1 amide bonds. The first-order valence-corrected chi connectivity index (χ1v) is 6.16. The number of fused-ring (bicyclic) bond motifs is 1. The minimum Gasteiger partial charge on any atom is -0.453 e. The number of carbonyl (C=O) groups excluding carboxylic acids is 2. The predicted octanol–water partition coefficient (Wildman–Crippen LogP) is 2.07. The lowest BCUT2D eigenvalue weighted by atomic mass is 10.1. The maximum atomic E-state index is 11.8. The quantitative estimate of drug-likeness (QED) is 0.832. The molecule has 1 aromatic rings. The summed E-state index contributed by atoms with van der Waals surface area (Å²) in [5, 5.41) is 2.76. The van der Waals surface area contributed by atoms with Crippen molar-refractivity contribution in [1.82, 2.24) is 0 Å². The molecule has 4 heteroatoms. The van der Waals surface area contributed by atoms with Crippen LogP contribution in [0.15, 0.2) is 18.2 Å². The van der Waals surface area contributed by atoms with Crippen molar-refractivity contribution in [3.8, 4) is 0 Å². The van der Waals surface area contributed by atoms with Crippen molar-refractivity contribution in [3.05, 3.63) is 29.3 Å². The Balaban J connectivity index is 2.01. The summed E-state index contributed by atoms with van der Waals surface area (Å²) in [4.78, 5) is 22.5. The molecule has 4 nitrogen and oxygen atoms in total. The van der Waals surface area contributed by atoms with Crippen molar-refractivity contribution >= 4 is 17.6 Å². The fourth-order valence-electron chi connectivity index (χ4n) is 2.20. The van der Waals surface area contributed by atoms with Crippen LogP contribution in [0.3, 0.4) is 0 Å². The van der Waals surface area contributed by atoms with Gasteiger partial charge in [0.1, 0.15) is 0 Å². The second kappa shape index (κ2) is 5.21. The molecule has 2 rings (SSSR count). The third kappa shape index (κ3) is 2.88. The number of hydrogen-bond donors (Lipinski definition) is 1. The summed E-state index contributed by atoms with van der Waals surface area (Å²) in [5.74, 6) is -0.755. The van der Waals surface area contributed by atoms with Crippen molar-refractivity contribution in [3.63, 3.8) is 0 Å². The van der Waals surface area contributed by atoms with Gasteiger partial charge in [0.25, 0.3) is 5.91 Å². The van der Waals surface area contributed by atoms with Crippen molar-refractivity contribution in [1.29, 1.82) is 0 Å². The average Bonchev–Trinajstić information content (AvgIpc) is 2.75. The van der Waals surface area contributed by atoms with Crippen molar-refractivity contribution < 1.29 is 14.3 Å². The molecule has 0 radical (unpaired) electrons. The lowest BCUT2D eigenvalue weighted by Crippen LogP contribution is -2.29. The van der Waals surface area contributed by atoms with E-state index in [1.807, 2.05) is 12.1 Å². The van der Waals surface area contributed by atoms with Crippen LogP contribution >= 0.6 is 0 Å². The Morgan fingerprint density at radius 3 is 2.72 bits per heavy atom. The van der Waals surface area contributed by atoms with Crippen LogP contribution in [0.25, 0.3) is 0 Å². The topological polar surface area (TPSA) is 55.4 Å². The van der Waals surface area contributed by atoms with E-state index in [1.54, 1.807) is 6.92 Å². The van der Waals surface area contributed by atoms with E-state index in [4.69, 9.17) is 4.74 Å². The van der Waals surface area contributed by atoms with Crippen LogP contribution in [0.2, 0.25) is 0 Å². The lowest BCUT2D eigenvalue weighted by molar-refractivity contribution is -0.150. The first-order valence-electron chi connectivity index (χ1n) is 6.16. The van der Waals surface area contributed by atoms with Gasteiger partial charge in [-0.2, -0.15) is 0 Å². The Labute approximate surface area is 106 Å². The van der Waals surface area contributed by atoms with E-state index in [9.17, 15) is 9.59 Å². The molecule has 1 aromatic carbocycles. The molecule has 0 saturated heterocycles. The van der Waals surface area contributed by atoms with Crippen LogP contribution in [-0.4, -0.2) is 18.0 Å². The number of nitrogens with one attached hydrogen (secondary N) is 1. The van der Waals surface area contributed by atoms with Crippen LogP contribution in [0, 0.1) is 0 Å². The summed E-state index contributed by atoms with van der Waals surface area (Å²) in [6.45, 7) is 2.85. The Morgan fingerprint density at radius 2 is 2.00 bits per heavy atom. The number of amides is 1. The monoisotopic (exact) mass is 247 g/mol. The molecule has 0 fully saturated rings. The van der Waals surface area contributed by atoms with Crippen molar-refractivity contribution in [2.45, 2.75) is 39.2 Å². The SMILES string of the molecule is CC(=O)O[C@H](C)C(=O)Nc1ccc2c(c1)CCC2. The van der Waals surface area contributed by atoms with E-state index >= 15 is 0 Å². The number of anilines is 1. The molecular formula is C14H17NO3. The zero-order valence-corrected chi connectivity index (χ0v) is 10.7. The minimum absolute atomic E-state index is 0.303. The molecule has 0 aromatic heterocycles. The smallest absolute Gasteiger partial charge is 0.303 e. The first kappa shape index (κ1) is 12.6. The summed E-state index contributed by atoms with van der Waals surface area (Å²) < 4.78 is 4.83. The van der Waals surface area contributed by atoms with Gasteiger partial charge < -0.3 is 10.1 Å². The van der Waals surface area contributed by atoms with Gasteiger partial charge in [0.05, 0.1) is 0 Å². The molecule has 0 unspecified atom stereocenters. The summed E-state index contributed by atoms with van der Waals surface area (Å²) >= 11 is 0. The van der Waals surface area contributed by atoms with Crippen LogP contribution in [0.4, 0.5) is 5.69 Å². The fraction of sp³-hybridized carbons (Fsp3) is 0.429. The summed E-state index contributed by atoms with van der Waals surface area (Å²) in [6, 6.07) is 5.94. The van der Waals surface area contributed by atoms with Crippen LogP contribution < -0.4 is 5.32 Å². The van der Waals surface area contributed by atoms with Crippen LogP contribution in [0.5, 0.6) is 0 Å². The standard InChI is InChI=1S/C14H17NO3/c1-9(18-10(2)16)14(17)15-13-7-6-11-4-3-5-12(11)8-13/h6-9H,3-5H2,1-2H3,(H,15,17)/t9-/m1/s1. The average molecular weight is 247 g/mol. The van der Waals surface area contributed by atoms with Gasteiger partial charge >= 0.3 is 5.97 Å². The van der Waals surface area contributed by atoms with Gasteiger partial charge in [-0.25, -0.2) is 0 Å². The molecule has 1 aliphatic carbocycles. The molecule has 0 aliphatic heterocycles. The largest absolute Gasteiger partial charge is 0.453 e. The van der Waals surface area contributed by atoms with Gasteiger partial charge in [-0.15, -0.1) is 0 Å². The van der Waals surface area contributed by atoms with E-state index in [-0.39, 0.29) is 5.91 Å². The Morgan fingerprint density at radius 1 is 1.28 bits per heavy atom. The van der Waals surface area contributed by atoms with Gasteiger partial charge in [-0.05, 0) is 49.4 Å². The molecule has 1 N–H and O–H groups in total. The van der Waals surface area contributed by atoms with Gasteiger partial charge in [0.2, 0.25) is 0 Å². The Kier molecular flexibility index (Phi) is 3.65. The molecule has 18 heavy (non-hydrogen) atoms. The maximum absolute atomic E-state index is 11.8. The number of ether oxygens (including phenoxy) is 1. The highest BCUT2D eigenvalue weighted by Crippen LogP contribution is 2.24. The molecule has 1 aliphatic rings. The number of esters is 1. The Bertz CT molecular complexity index is 482. The second-order valence-electron chi connectivity index (χ2n) is 4.58. The first-order chi connectivity index (χ1) is 8.56. The molecule has 0 saturated carbocycles. The summed E-state index contributed by atoms with van der Waals surface area (Å²) in [5.41, 5.74) is 3.42. The number of rotatable bonds is 3. The number of aryl methyl sites for hydroxylation is 2. The van der Waals surface area contributed by atoms with E-state index in [0.717, 1.165) is 18.5 Å². The van der Waals surface area contributed by atoms with E-state index < -0.39 is 12.1 Å². The number of benzene rings is 1. The molecular weight excluding hydrogens is 230 g/mol. The summed E-state index contributed by atoms with van der Waals surface area (Å²) in [6.07, 6.45) is 2.60. The van der Waals surface area contributed by atoms with Crippen LogP contribution in [-0.2, 0) is 27.2 Å². The molecule has 96 valence electrons. The lowest BCUT2D eigenvalue weighted by Gasteiger charge is -2.12. The third-order valence-corrected chi connectivity index (χ3v) is 3.08. The highest BCUT2D eigenvalue weighted by molar-refractivity contribution is 5.95. The third-order valence-electron chi connectivity index (χ3n) is 3.08. The van der Waals surface area contributed by atoms with E-state index in [1.165, 1.54) is 24.5 Å². The van der Waals surface area contributed by atoms with Gasteiger partial charge in [-0.1, -0.05) is 6.07 Å². The zero-order valence-electron chi connectivity index (χ0n) is 10.7. The van der Waals surface area contributed by atoms with Crippen molar-refractivity contribution in [2.24, 2.45) is 0 Å². The predicted molar refractivity (Wildman–Crippen MR) is 68.3 cm³/mol. The van der Waals surface area contributed by atoms with E-state index in [2.05, 4.69) is 11.4 Å². The minimum atomic E-state index is -0.768. The fourth-order valence-corrected chi connectivity index (χ4v) is 2.20. The zero-order chi connectivity index (χ0) is 13.1. The normalized spacial score (nSPS) is 14.8. The number of hydrogen-bond acceptors (Lipinski definition) is 3. The van der Waals surface area contributed by atoms with Gasteiger partial charge in [0.15, 0.2) is 6.10 Å². The summed E-state index contributed by atoms with van der Waals surface area (Å²) in [7, 11) is 0. The number of carbonyl (C=O) groups is 2. The molecule has 0 bridgehead atoms. The van der Waals surface area contributed by atoms with Crippen molar-refractivity contribution in [2.75, 3.05) is 5.32 Å². The van der Waals surface area contributed by atoms with Gasteiger partial charge in [0, 0.05) is 12.6 Å². The van der Waals surface area contributed by atoms with Crippen LogP contribution in [0.1, 0.15) is 31.4 Å². The highest BCUT2D eigenvalue weighted by atomic mass is 16.5. The second-order valence-corrected chi connectivity index (χ2v) is 4.58. The highest BCUT2D eigenvalue weighted by Gasteiger charge is 2.17. The Hall–Kier alpha value is -1.84. The maximum Gasteiger partial charge on any atom is 0.303 e. The van der Waals surface area contributed by atoms with Gasteiger partial charge in [-0.3, -0.25) is 9.59 Å². The molecule has 0 spiro atoms. The molecule has 1 atom stereocenters. The molecule has 0 heterocycles.